The molecule has 0 fully saturated rings. The summed E-state index contributed by atoms with van der Waals surface area (Å²) in [6.07, 6.45) is 1.94. The van der Waals surface area contributed by atoms with Crippen LogP contribution in [0.4, 0.5) is 5.69 Å². The minimum atomic E-state index is 0.968. The number of aryl methyl sites for hydroxylation is 2. The minimum Gasteiger partial charge on any atom is -0.341 e. The first-order chi connectivity index (χ1) is 11.8. The summed E-state index contributed by atoms with van der Waals surface area (Å²) < 4.78 is 2.36. The molecule has 24 heavy (non-hydrogen) atoms. The highest BCUT2D eigenvalue weighted by Gasteiger charge is 2.09. The second-order valence-corrected chi connectivity index (χ2v) is 6.14. The summed E-state index contributed by atoms with van der Waals surface area (Å²) in [6.45, 7) is 5.26. The molecule has 0 bridgehead atoms. The molecular formula is C22H20N2. The van der Waals surface area contributed by atoms with Crippen LogP contribution in [-0.2, 0) is 6.54 Å². The largest absolute Gasteiger partial charge is 0.341 e. The van der Waals surface area contributed by atoms with E-state index in [-0.39, 0.29) is 0 Å². The topological polar surface area (TPSA) is 17.3 Å². The molecule has 0 spiro atoms. The van der Waals surface area contributed by atoms with Crippen molar-refractivity contribution in [3.8, 4) is 0 Å². The number of rotatable bonds is 3. The van der Waals surface area contributed by atoms with Crippen LogP contribution in [0.15, 0.2) is 71.7 Å². The van der Waals surface area contributed by atoms with E-state index in [1.54, 1.807) is 0 Å². The monoisotopic (exact) mass is 312 g/mol. The first-order valence-electron chi connectivity index (χ1n) is 8.38. The Kier molecular flexibility index (Phi) is 3.66. The van der Waals surface area contributed by atoms with E-state index < -0.39 is 0 Å². The van der Waals surface area contributed by atoms with Crippen molar-refractivity contribution in [2.24, 2.45) is 4.99 Å². The molecule has 0 radical (unpaired) electrons. The Hall–Kier alpha value is -2.87. The summed E-state index contributed by atoms with van der Waals surface area (Å²) in [4.78, 5) is 4.68. The molecule has 1 aromatic heterocycles. The standard InChI is InChI=1S/C22H20N2/c1-3-24-21-10-5-4-9-19(21)20-14-18(11-12-22(20)24)23-15-17-8-6-7-16(2)13-17/h4-15H,3H2,1-2H3. The molecule has 2 heteroatoms. The molecule has 4 rings (SSSR count). The SMILES string of the molecule is CCn1c2ccccc2c2cc(N=Cc3cccc(C)c3)ccc21. The van der Waals surface area contributed by atoms with E-state index in [0.29, 0.717) is 0 Å². The van der Waals surface area contributed by atoms with Crippen molar-refractivity contribution < 1.29 is 0 Å². The fourth-order valence-electron chi connectivity index (χ4n) is 3.36. The van der Waals surface area contributed by atoms with Crippen molar-refractivity contribution in [1.29, 1.82) is 0 Å². The molecule has 1 heterocycles. The van der Waals surface area contributed by atoms with Gasteiger partial charge in [0, 0.05) is 34.6 Å². The van der Waals surface area contributed by atoms with Crippen LogP contribution in [0.1, 0.15) is 18.1 Å². The van der Waals surface area contributed by atoms with Gasteiger partial charge in [-0.05, 0) is 43.7 Å². The number of para-hydroxylation sites is 1. The average molecular weight is 312 g/mol. The molecule has 0 atom stereocenters. The molecule has 0 N–H and O–H groups in total. The normalized spacial score (nSPS) is 11.8. The van der Waals surface area contributed by atoms with Crippen LogP contribution >= 0.6 is 0 Å². The molecule has 0 aliphatic carbocycles. The molecule has 0 saturated carbocycles. The Morgan fingerprint density at radius 3 is 2.54 bits per heavy atom. The summed E-state index contributed by atoms with van der Waals surface area (Å²) in [6, 6.07) is 23.4. The van der Waals surface area contributed by atoms with Gasteiger partial charge >= 0.3 is 0 Å². The number of fused-ring (bicyclic) bond motifs is 3. The van der Waals surface area contributed by atoms with Gasteiger partial charge in [0.2, 0.25) is 0 Å². The summed E-state index contributed by atoms with van der Waals surface area (Å²) in [5.74, 6) is 0. The van der Waals surface area contributed by atoms with Crippen molar-refractivity contribution in [1.82, 2.24) is 4.57 Å². The van der Waals surface area contributed by atoms with Crippen molar-refractivity contribution in [3.63, 3.8) is 0 Å². The van der Waals surface area contributed by atoms with Gasteiger partial charge in [0.15, 0.2) is 0 Å². The van der Waals surface area contributed by atoms with E-state index in [1.807, 2.05) is 6.21 Å². The fourth-order valence-corrected chi connectivity index (χ4v) is 3.36. The predicted octanol–water partition coefficient (Wildman–Crippen LogP) is 5.87. The van der Waals surface area contributed by atoms with Gasteiger partial charge in [-0.25, -0.2) is 0 Å². The Labute approximate surface area is 142 Å². The Bertz CT molecular complexity index is 1050. The molecule has 118 valence electrons. The Morgan fingerprint density at radius 2 is 1.71 bits per heavy atom. The maximum absolute atomic E-state index is 4.68. The van der Waals surface area contributed by atoms with Crippen molar-refractivity contribution in [2.75, 3.05) is 0 Å². The van der Waals surface area contributed by atoms with Gasteiger partial charge in [0.1, 0.15) is 0 Å². The lowest BCUT2D eigenvalue weighted by Gasteiger charge is -2.02. The molecule has 4 aromatic rings. The predicted molar refractivity (Wildman–Crippen MR) is 104 cm³/mol. The Balaban J connectivity index is 1.82. The summed E-state index contributed by atoms with van der Waals surface area (Å²) in [5, 5.41) is 2.56. The second kappa shape index (κ2) is 5.97. The van der Waals surface area contributed by atoms with E-state index in [2.05, 4.69) is 90.1 Å². The van der Waals surface area contributed by atoms with Crippen molar-refractivity contribution in [2.45, 2.75) is 20.4 Å². The molecular weight excluding hydrogens is 292 g/mol. The summed E-state index contributed by atoms with van der Waals surface area (Å²) >= 11 is 0. The van der Waals surface area contributed by atoms with Gasteiger partial charge < -0.3 is 4.57 Å². The van der Waals surface area contributed by atoms with Crippen molar-refractivity contribution in [3.05, 3.63) is 77.9 Å². The lowest BCUT2D eigenvalue weighted by atomic mass is 10.1. The zero-order chi connectivity index (χ0) is 16.5. The van der Waals surface area contributed by atoms with Crippen LogP contribution in [-0.4, -0.2) is 10.8 Å². The van der Waals surface area contributed by atoms with E-state index in [0.717, 1.165) is 17.8 Å². The molecule has 0 aliphatic heterocycles. The van der Waals surface area contributed by atoms with Crippen LogP contribution in [0.5, 0.6) is 0 Å². The number of nitrogens with zero attached hydrogens (tertiary/aromatic N) is 2. The first-order valence-corrected chi connectivity index (χ1v) is 8.38. The fraction of sp³-hybridized carbons (Fsp3) is 0.136. The van der Waals surface area contributed by atoms with Gasteiger partial charge in [0.05, 0.1) is 5.69 Å². The zero-order valence-electron chi connectivity index (χ0n) is 14.0. The number of benzene rings is 3. The molecule has 0 amide bonds. The third-order valence-electron chi connectivity index (χ3n) is 4.48. The molecule has 2 nitrogen and oxygen atoms in total. The Morgan fingerprint density at radius 1 is 0.875 bits per heavy atom. The molecule has 3 aromatic carbocycles. The van der Waals surface area contributed by atoms with Crippen LogP contribution < -0.4 is 0 Å². The molecule has 0 saturated heterocycles. The van der Waals surface area contributed by atoms with Crippen molar-refractivity contribution >= 4 is 33.7 Å². The highest BCUT2D eigenvalue weighted by Crippen LogP contribution is 2.31. The van der Waals surface area contributed by atoms with E-state index >= 15 is 0 Å². The van der Waals surface area contributed by atoms with E-state index in [9.17, 15) is 0 Å². The number of aliphatic imine (C=N–C) groups is 1. The summed E-state index contributed by atoms with van der Waals surface area (Å²) in [5.41, 5.74) is 5.93. The maximum Gasteiger partial charge on any atom is 0.0637 e. The zero-order valence-corrected chi connectivity index (χ0v) is 14.0. The second-order valence-electron chi connectivity index (χ2n) is 6.14. The number of aromatic nitrogens is 1. The summed E-state index contributed by atoms with van der Waals surface area (Å²) in [7, 11) is 0. The minimum absolute atomic E-state index is 0.968. The van der Waals surface area contributed by atoms with E-state index in [1.165, 1.54) is 27.4 Å². The molecule has 0 unspecified atom stereocenters. The van der Waals surface area contributed by atoms with Gasteiger partial charge in [-0.3, -0.25) is 4.99 Å². The quantitative estimate of drug-likeness (QED) is 0.421. The number of hydrogen-bond acceptors (Lipinski definition) is 1. The first kappa shape index (κ1) is 14.7. The maximum atomic E-state index is 4.68. The third-order valence-corrected chi connectivity index (χ3v) is 4.48. The van der Waals surface area contributed by atoms with E-state index in [4.69, 9.17) is 0 Å². The van der Waals surface area contributed by atoms with Crippen LogP contribution in [0.2, 0.25) is 0 Å². The van der Waals surface area contributed by atoms with Gasteiger partial charge in [0.25, 0.3) is 0 Å². The van der Waals surface area contributed by atoms with Crippen LogP contribution in [0.25, 0.3) is 21.8 Å². The lowest BCUT2D eigenvalue weighted by molar-refractivity contribution is 0.827. The smallest absolute Gasteiger partial charge is 0.0637 e. The van der Waals surface area contributed by atoms with Crippen LogP contribution in [0.3, 0.4) is 0 Å². The van der Waals surface area contributed by atoms with Crippen LogP contribution in [0, 0.1) is 6.92 Å². The lowest BCUT2D eigenvalue weighted by Crippen LogP contribution is -1.92. The highest BCUT2D eigenvalue weighted by molar-refractivity contribution is 6.09. The average Bonchev–Trinajstić information content (AvgIpc) is 2.93. The number of hydrogen-bond donors (Lipinski definition) is 0. The highest BCUT2D eigenvalue weighted by atomic mass is 15.0. The third kappa shape index (κ3) is 2.50. The van der Waals surface area contributed by atoms with Gasteiger partial charge in [-0.15, -0.1) is 0 Å². The van der Waals surface area contributed by atoms with Gasteiger partial charge in [-0.2, -0.15) is 0 Å². The van der Waals surface area contributed by atoms with Gasteiger partial charge in [-0.1, -0.05) is 48.0 Å². The molecule has 0 aliphatic rings.